The molecule has 0 fully saturated rings. The Morgan fingerprint density at radius 3 is 2.31 bits per heavy atom. The van der Waals surface area contributed by atoms with Crippen LogP contribution < -0.4 is 5.73 Å². The molecule has 0 spiro atoms. The third kappa shape index (κ3) is 1.50. The minimum absolute atomic E-state index is 0.138. The first kappa shape index (κ1) is 9.59. The van der Waals surface area contributed by atoms with Crippen LogP contribution in [0.15, 0.2) is 0 Å². The monoisotopic (exact) mass is 178 g/mol. The van der Waals surface area contributed by atoms with Crippen molar-refractivity contribution in [2.24, 2.45) is 7.05 Å². The average molecular weight is 178 g/mol. The first-order valence-corrected chi connectivity index (χ1v) is 4.11. The molecule has 0 saturated heterocycles. The lowest BCUT2D eigenvalue weighted by Gasteiger charge is -2.14. The van der Waals surface area contributed by atoms with E-state index in [0.29, 0.717) is 11.4 Å². The highest BCUT2D eigenvalue weighted by molar-refractivity contribution is 5.53. The van der Waals surface area contributed by atoms with Gasteiger partial charge in [0.2, 0.25) is 0 Å². The molecule has 0 amide bonds. The summed E-state index contributed by atoms with van der Waals surface area (Å²) in [4.78, 5) is 0. The molecule has 1 rings (SSSR count). The summed E-state index contributed by atoms with van der Waals surface area (Å²) in [5.41, 5.74) is 6.80. The highest BCUT2D eigenvalue weighted by Gasteiger charge is 2.24. The van der Waals surface area contributed by atoms with E-state index in [0.717, 1.165) is 5.69 Å². The van der Waals surface area contributed by atoms with Gasteiger partial charge in [0.05, 0.1) is 5.69 Å². The lowest BCUT2D eigenvalue weighted by atomic mass is 9.90. The van der Waals surface area contributed by atoms with Crippen molar-refractivity contribution in [3.63, 3.8) is 0 Å². The molecule has 0 atom stereocenters. The summed E-state index contributed by atoms with van der Waals surface area (Å²) in [5, 5.41) is 13.1. The Morgan fingerprint density at radius 1 is 1.46 bits per heavy atom. The molecule has 4 heteroatoms. The molecule has 1 aromatic rings. The number of hydrogen-bond acceptors (Lipinski definition) is 3. The van der Waals surface area contributed by atoms with Gasteiger partial charge in [-0.15, -0.1) is 0 Å². The van der Waals surface area contributed by atoms with E-state index in [-0.39, 0.29) is 5.41 Å². The second-order valence-corrected chi connectivity index (χ2v) is 4.09. The van der Waals surface area contributed by atoms with E-state index in [1.54, 1.807) is 11.7 Å². The van der Waals surface area contributed by atoms with Crippen LogP contribution in [-0.4, -0.2) is 9.78 Å². The maximum absolute atomic E-state index is 8.89. The van der Waals surface area contributed by atoms with Crippen LogP contribution in [0, 0.1) is 11.3 Å². The fraction of sp³-hybridized carbons (Fsp3) is 0.556. The van der Waals surface area contributed by atoms with Gasteiger partial charge in [-0.25, -0.2) is 0 Å². The Bertz CT molecular complexity index is 362. The SMILES string of the molecule is Cn1nc(C(C)(C)C)c(C#N)c1N. The van der Waals surface area contributed by atoms with Crippen molar-refractivity contribution in [2.45, 2.75) is 26.2 Å². The zero-order valence-corrected chi connectivity index (χ0v) is 8.42. The summed E-state index contributed by atoms with van der Waals surface area (Å²) in [6.45, 7) is 6.03. The molecule has 0 aliphatic carbocycles. The van der Waals surface area contributed by atoms with E-state index in [9.17, 15) is 0 Å². The van der Waals surface area contributed by atoms with Gasteiger partial charge >= 0.3 is 0 Å². The van der Waals surface area contributed by atoms with Crippen LogP contribution >= 0.6 is 0 Å². The minimum Gasteiger partial charge on any atom is -0.383 e. The van der Waals surface area contributed by atoms with Crippen LogP contribution in [0.5, 0.6) is 0 Å². The molecule has 1 aromatic heterocycles. The molecule has 13 heavy (non-hydrogen) atoms. The van der Waals surface area contributed by atoms with E-state index in [1.807, 2.05) is 20.8 Å². The number of rotatable bonds is 0. The number of aromatic nitrogens is 2. The van der Waals surface area contributed by atoms with E-state index in [1.165, 1.54) is 0 Å². The fourth-order valence-corrected chi connectivity index (χ4v) is 1.17. The molecule has 2 N–H and O–H groups in total. The van der Waals surface area contributed by atoms with Gasteiger partial charge in [-0.2, -0.15) is 10.4 Å². The summed E-state index contributed by atoms with van der Waals surface area (Å²) < 4.78 is 1.54. The molecule has 0 aliphatic rings. The topological polar surface area (TPSA) is 67.6 Å². The number of nitrogens with two attached hydrogens (primary N) is 1. The van der Waals surface area contributed by atoms with Crippen molar-refractivity contribution in [3.8, 4) is 6.07 Å². The van der Waals surface area contributed by atoms with Crippen molar-refractivity contribution >= 4 is 5.82 Å². The van der Waals surface area contributed by atoms with Crippen LogP contribution in [-0.2, 0) is 12.5 Å². The second kappa shape index (κ2) is 2.77. The van der Waals surface area contributed by atoms with Crippen LogP contribution in [0.4, 0.5) is 5.82 Å². The quantitative estimate of drug-likeness (QED) is 0.648. The van der Waals surface area contributed by atoms with Crippen LogP contribution in [0.25, 0.3) is 0 Å². The van der Waals surface area contributed by atoms with Gasteiger partial charge in [-0.05, 0) is 0 Å². The van der Waals surface area contributed by atoms with Gasteiger partial charge in [-0.1, -0.05) is 20.8 Å². The van der Waals surface area contributed by atoms with Crippen LogP contribution in [0.3, 0.4) is 0 Å². The standard InChI is InChI=1S/C9H14N4/c1-9(2,3)7-6(5-10)8(11)13(4)12-7/h11H2,1-4H3. The Morgan fingerprint density at radius 2 is 2.00 bits per heavy atom. The summed E-state index contributed by atoms with van der Waals surface area (Å²) in [5.74, 6) is 0.437. The normalized spacial score (nSPS) is 11.3. The van der Waals surface area contributed by atoms with Crippen molar-refractivity contribution in [3.05, 3.63) is 11.3 Å². The van der Waals surface area contributed by atoms with Crippen LogP contribution in [0.2, 0.25) is 0 Å². The molecule has 0 radical (unpaired) electrons. The minimum atomic E-state index is -0.138. The van der Waals surface area contributed by atoms with Crippen molar-refractivity contribution in [2.75, 3.05) is 5.73 Å². The van der Waals surface area contributed by atoms with E-state index >= 15 is 0 Å². The Balaban J connectivity index is 3.41. The Labute approximate surface area is 78.0 Å². The fourth-order valence-electron chi connectivity index (χ4n) is 1.17. The number of hydrogen-bond donors (Lipinski definition) is 1. The number of aryl methyl sites for hydroxylation is 1. The second-order valence-electron chi connectivity index (χ2n) is 4.09. The summed E-state index contributed by atoms with van der Waals surface area (Å²) in [6.07, 6.45) is 0. The first-order valence-electron chi connectivity index (χ1n) is 4.11. The molecule has 1 heterocycles. The smallest absolute Gasteiger partial charge is 0.139 e. The highest BCUT2D eigenvalue weighted by atomic mass is 15.3. The summed E-state index contributed by atoms with van der Waals surface area (Å²) in [7, 11) is 1.74. The average Bonchev–Trinajstić information content (AvgIpc) is 2.28. The van der Waals surface area contributed by atoms with Gasteiger partial charge in [0.1, 0.15) is 17.5 Å². The number of nitrogens with zero attached hydrogens (tertiary/aromatic N) is 3. The summed E-state index contributed by atoms with van der Waals surface area (Å²) in [6, 6.07) is 2.08. The van der Waals surface area contributed by atoms with Gasteiger partial charge in [-0.3, -0.25) is 4.68 Å². The molecule has 0 aromatic carbocycles. The number of nitrogen functional groups attached to an aromatic ring is 1. The van der Waals surface area contributed by atoms with E-state index in [2.05, 4.69) is 11.2 Å². The van der Waals surface area contributed by atoms with Gasteiger partial charge < -0.3 is 5.73 Å². The van der Waals surface area contributed by atoms with Crippen molar-refractivity contribution < 1.29 is 0 Å². The molecular weight excluding hydrogens is 164 g/mol. The molecular formula is C9H14N4. The van der Waals surface area contributed by atoms with Gasteiger partial charge in [0.25, 0.3) is 0 Å². The molecule has 0 aliphatic heterocycles. The molecule has 0 unspecified atom stereocenters. The highest BCUT2D eigenvalue weighted by Crippen LogP contribution is 2.27. The summed E-state index contributed by atoms with van der Waals surface area (Å²) >= 11 is 0. The Kier molecular flexibility index (Phi) is 2.04. The number of nitriles is 1. The van der Waals surface area contributed by atoms with Crippen LogP contribution in [0.1, 0.15) is 32.0 Å². The van der Waals surface area contributed by atoms with Crippen molar-refractivity contribution in [1.82, 2.24) is 9.78 Å². The molecule has 0 bridgehead atoms. The maximum atomic E-state index is 8.89. The molecule has 70 valence electrons. The zero-order valence-electron chi connectivity index (χ0n) is 8.42. The van der Waals surface area contributed by atoms with Gasteiger partial charge in [0, 0.05) is 12.5 Å². The lowest BCUT2D eigenvalue weighted by Crippen LogP contribution is -2.14. The predicted octanol–water partition coefficient (Wildman–Crippen LogP) is 1.17. The predicted molar refractivity (Wildman–Crippen MR) is 51.0 cm³/mol. The third-order valence-electron chi connectivity index (χ3n) is 1.91. The largest absolute Gasteiger partial charge is 0.383 e. The number of anilines is 1. The van der Waals surface area contributed by atoms with Crippen molar-refractivity contribution in [1.29, 1.82) is 5.26 Å². The zero-order chi connectivity index (χ0) is 10.2. The lowest BCUT2D eigenvalue weighted by molar-refractivity contribution is 0.552. The maximum Gasteiger partial charge on any atom is 0.139 e. The Hall–Kier alpha value is -1.50. The van der Waals surface area contributed by atoms with E-state index < -0.39 is 0 Å². The van der Waals surface area contributed by atoms with E-state index in [4.69, 9.17) is 11.0 Å². The third-order valence-corrected chi connectivity index (χ3v) is 1.91. The molecule has 0 saturated carbocycles. The molecule has 4 nitrogen and oxygen atoms in total. The van der Waals surface area contributed by atoms with Gasteiger partial charge in [0.15, 0.2) is 0 Å². The first-order chi connectivity index (χ1) is 5.88.